The minimum absolute atomic E-state index is 0.0765. The van der Waals surface area contributed by atoms with E-state index in [-0.39, 0.29) is 40.5 Å². The largest absolute Gasteiger partial charge is 0.384 e. The number of ketones is 1. The highest BCUT2D eigenvalue weighted by molar-refractivity contribution is 14.1. The summed E-state index contributed by atoms with van der Waals surface area (Å²) in [4.78, 5) is 30.1. The van der Waals surface area contributed by atoms with Gasteiger partial charge in [0.05, 0.1) is 11.7 Å². The van der Waals surface area contributed by atoms with Crippen molar-refractivity contribution in [1.29, 1.82) is 0 Å². The first kappa shape index (κ1) is 30.9. The van der Waals surface area contributed by atoms with Crippen molar-refractivity contribution in [1.82, 2.24) is 15.0 Å². The second-order valence-corrected chi connectivity index (χ2v) is 13.3. The van der Waals surface area contributed by atoms with Gasteiger partial charge in [0.25, 0.3) is 0 Å². The summed E-state index contributed by atoms with van der Waals surface area (Å²) in [6.07, 6.45) is 5.17. The maximum absolute atomic E-state index is 13.8. The average molecular weight is 720 g/mol. The van der Waals surface area contributed by atoms with Crippen molar-refractivity contribution in [3.8, 4) is 0 Å². The van der Waals surface area contributed by atoms with Crippen LogP contribution >= 0.6 is 38.5 Å². The summed E-state index contributed by atoms with van der Waals surface area (Å²) in [6, 6.07) is 5.88. The molecule has 208 valence electrons. The van der Waals surface area contributed by atoms with Crippen molar-refractivity contribution in [2.24, 2.45) is 11.8 Å². The van der Waals surface area contributed by atoms with E-state index in [9.17, 15) is 18.0 Å². The Morgan fingerprint density at radius 2 is 2.05 bits per heavy atom. The molecule has 0 aliphatic carbocycles. The maximum atomic E-state index is 13.8. The molecule has 1 amide bonds. The van der Waals surface area contributed by atoms with Gasteiger partial charge in [-0.3, -0.25) is 9.59 Å². The van der Waals surface area contributed by atoms with Gasteiger partial charge in [-0.05, 0) is 84.5 Å². The average Bonchev–Trinajstić information content (AvgIpc) is 2.89. The molecule has 12 heteroatoms. The summed E-state index contributed by atoms with van der Waals surface area (Å²) in [5.74, 6) is -0.0539. The van der Waals surface area contributed by atoms with E-state index >= 15 is 0 Å². The number of Topliss-reactive ketones (excluding diaryl/α,β-unsaturated/α-hetero) is 1. The number of piperidine rings is 1. The number of sulfonamides is 1. The number of carbonyl (C=O) groups is 2. The van der Waals surface area contributed by atoms with Crippen LogP contribution in [-0.4, -0.2) is 44.2 Å². The number of rotatable bonds is 12. The lowest BCUT2D eigenvalue weighted by molar-refractivity contribution is -0.127. The normalized spacial score (nSPS) is 18.6. The number of hydrogen-bond donors (Lipinski definition) is 4. The Morgan fingerprint density at radius 3 is 2.71 bits per heavy atom. The summed E-state index contributed by atoms with van der Waals surface area (Å²) < 4.78 is 31.4. The van der Waals surface area contributed by atoms with Crippen molar-refractivity contribution >= 4 is 71.7 Å². The first-order valence-electron chi connectivity index (χ1n) is 12.8. The zero-order valence-corrected chi connectivity index (χ0v) is 26.2. The van der Waals surface area contributed by atoms with Crippen LogP contribution in [0.1, 0.15) is 51.5 Å². The Kier molecular flexibility index (Phi) is 11.5. The van der Waals surface area contributed by atoms with Gasteiger partial charge in [0.15, 0.2) is 5.78 Å². The highest BCUT2D eigenvalue weighted by atomic mass is 127. The predicted octanol–water partition coefficient (Wildman–Crippen LogP) is 4.25. The van der Waals surface area contributed by atoms with Gasteiger partial charge in [-0.2, -0.15) is 0 Å². The third-order valence-electron chi connectivity index (χ3n) is 6.86. The van der Waals surface area contributed by atoms with Gasteiger partial charge in [-0.15, -0.1) is 0 Å². The molecule has 2 aromatic rings. The summed E-state index contributed by atoms with van der Waals surface area (Å²) in [5, 5.41) is 6.01. The van der Waals surface area contributed by atoms with Gasteiger partial charge in [0, 0.05) is 33.1 Å². The number of aryl methyl sites for hydroxylation is 1. The number of nitrogens with two attached hydrogens (primary N) is 1. The van der Waals surface area contributed by atoms with Crippen molar-refractivity contribution in [2.45, 2.75) is 63.3 Å². The van der Waals surface area contributed by atoms with Gasteiger partial charge in [0.2, 0.25) is 15.9 Å². The van der Waals surface area contributed by atoms with Crippen LogP contribution in [0.5, 0.6) is 0 Å². The number of aromatic nitrogens is 1. The number of anilines is 2. The van der Waals surface area contributed by atoms with Crippen molar-refractivity contribution < 1.29 is 18.0 Å². The number of carbonyl (C=O) groups excluding carboxylic acids is 2. The Morgan fingerprint density at radius 1 is 1.29 bits per heavy atom. The molecule has 1 aliphatic heterocycles. The first-order chi connectivity index (χ1) is 18.1. The third-order valence-corrected chi connectivity index (χ3v) is 9.66. The molecular weight excluding hydrogens is 685 g/mol. The van der Waals surface area contributed by atoms with Crippen LogP contribution in [0.15, 0.2) is 39.8 Å². The van der Waals surface area contributed by atoms with Gasteiger partial charge in [-0.1, -0.05) is 42.3 Å². The van der Waals surface area contributed by atoms with Gasteiger partial charge < -0.3 is 16.4 Å². The lowest BCUT2D eigenvalue weighted by Crippen LogP contribution is -2.50. The number of nitrogen functional groups attached to an aromatic ring is 1. The Labute approximate surface area is 246 Å². The number of halogens is 2. The van der Waals surface area contributed by atoms with Crippen LogP contribution in [0.3, 0.4) is 0 Å². The second-order valence-electron chi connectivity index (χ2n) is 9.49. The fourth-order valence-electron chi connectivity index (χ4n) is 4.71. The molecule has 5 N–H and O–H groups in total. The molecule has 0 saturated carbocycles. The van der Waals surface area contributed by atoms with Crippen molar-refractivity contribution in [3.63, 3.8) is 0 Å². The smallest absolute Gasteiger partial charge is 0.243 e. The molecule has 1 fully saturated rings. The molecule has 3 atom stereocenters. The van der Waals surface area contributed by atoms with Gasteiger partial charge in [0.1, 0.15) is 10.7 Å². The van der Waals surface area contributed by atoms with Crippen LogP contribution in [0, 0.1) is 15.4 Å². The molecular formula is C26H35BrIN5O4S. The van der Waals surface area contributed by atoms with E-state index in [4.69, 9.17) is 5.73 Å². The minimum Gasteiger partial charge on any atom is -0.384 e. The quantitative estimate of drug-likeness (QED) is 0.240. The van der Waals surface area contributed by atoms with Crippen LogP contribution in [-0.2, 0) is 26.0 Å². The first-order valence-corrected chi connectivity index (χ1v) is 16.2. The number of benzene rings is 1. The van der Waals surface area contributed by atoms with Crippen LogP contribution < -0.4 is 21.1 Å². The van der Waals surface area contributed by atoms with E-state index in [1.54, 1.807) is 25.3 Å². The van der Waals surface area contributed by atoms with Crippen LogP contribution in [0.2, 0.25) is 0 Å². The molecule has 1 aromatic carbocycles. The third kappa shape index (κ3) is 8.20. The molecule has 0 bridgehead atoms. The molecule has 9 nitrogen and oxygen atoms in total. The number of hydrogen-bond acceptors (Lipinski definition) is 7. The van der Waals surface area contributed by atoms with E-state index in [0.717, 1.165) is 24.9 Å². The molecule has 2 heterocycles. The summed E-state index contributed by atoms with van der Waals surface area (Å²) in [5.41, 5.74) is 6.85. The molecule has 38 heavy (non-hydrogen) atoms. The highest BCUT2D eigenvalue weighted by Gasteiger charge is 2.36. The molecule has 0 spiro atoms. The molecule has 1 saturated heterocycles. The lowest BCUT2D eigenvalue weighted by Gasteiger charge is -2.33. The molecule has 1 aromatic heterocycles. The SMILES string of the molecule is CCC(=O)Nc1c(I)cc(Br)cc1S(=O)(=O)NC(CCCc1ccc(N)nc1)C(=O)C1CNCCC1CC. The zero-order chi connectivity index (χ0) is 27.9. The standard InChI is InChI=1S/C26H35BrIN5O4S/c1-3-17-10-11-30-15-19(17)26(35)21(7-5-6-16-8-9-23(29)31-14-16)33-38(36,37)22-13-18(27)12-20(28)25(22)32-24(34)4-2/h8-9,12-14,17,19,21,30,33H,3-7,10-11,15H2,1-2H3,(H2,29,31)(H,32,34). The fourth-order valence-corrected chi connectivity index (χ4v) is 8.14. The summed E-state index contributed by atoms with van der Waals surface area (Å²) in [7, 11) is -4.17. The molecule has 0 radical (unpaired) electrons. The molecule has 3 unspecified atom stereocenters. The predicted molar refractivity (Wildman–Crippen MR) is 161 cm³/mol. The van der Waals surface area contributed by atoms with E-state index in [2.05, 4.69) is 43.2 Å². The topological polar surface area (TPSA) is 143 Å². The van der Waals surface area contributed by atoms with E-state index in [1.807, 2.05) is 28.7 Å². The summed E-state index contributed by atoms with van der Waals surface area (Å²) >= 11 is 5.37. The zero-order valence-electron chi connectivity index (χ0n) is 21.6. The van der Waals surface area contributed by atoms with E-state index in [1.165, 1.54) is 6.07 Å². The Hall–Kier alpha value is -1.61. The number of nitrogens with one attached hydrogen (secondary N) is 3. The van der Waals surface area contributed by atoms with Crippen molar-refractivity contribution in [2.75, 3.05) is 24.1 Å². The second kappa shape index (κ2) is 14.1. The fraction of sp³-hybridized carbons (Fsp3) is 0.500. The van der Waals surface area contributed by atoms with Gasteiger partial charge >= 0.3 is 0 Å². The highest BCUT2D eigenvalue weighted by Crippen LogP contribution is 2.32. The lowest BCUT2D eigenvalue weighted by atomic mass is 9.79. The number of nitrogens with zero attached hydrogens (tertiary/aromatic N) is 1. The van der Waals surface area contributed by atoms with E-state index in [0.29, 0.717) is 39.7 Å². The summed E-state index contributed by atoms with van der Waals surface area (Å²) in [6.45, 7) is 5.14. The maximum Gasteiger partial charge on any atom is 0.243 e. The Balaban J connectivity index is 1.91. The van der Waals surface area contributed by atoms with Crippen LogP contribution in [0.25, 0.3) is 0 Å². The molecule has 3 rings (SSSR count). The number of pyridine rings is 1. The monoisotopic (exact) mass is 719 g/mol. The molecule has 1 aliphatic rings. The van der Waals surface area contributed by atoms with E-state index < -0.39 is 16.1 Å². The van der Waals surface area contributed by atoms with Crippen LogP contribution in [0.4, 0.5) is 11.5 Å². The van der Waals surface area contributed by atoms with Gasteiger partial charge in [-0.25, -0.2) is 18.1 Å². The minimum atomic E-state index is -4.17. The number of amides is 1. The van der Waals surface area contributed by atoms with Crippen molar-refractivity contribution in [3.05, 3.63) is 44.1 Å². The Bertz CT molecular complexity index is 1240.